The summed E-state index contributed by atoms with van der Waals surface area (Å²) in [5.41, 5.74) is 5.15. The van der Waals surface area contributed by atoms with Crippen LogP contribution in [-0.2, 0) is 13.1 Å². The molecule has 26 heavy (non-hydrogen) atoms. The Bertz CT molecular complexity index is 948. The number of aryl methyl sites for hydroxylation is 1. The van der Waals surface area contributed by atoms with Crippen molar-refractivity contribution >= 4 is 22.6 Å². The van der Waals surface area contributed by atoms with Gasteiger partial charge < -0.3 is 10.2 Å². The van der Waals surface area contributed by atoms with Gasteiger partial charge in [-0.05, 0) is 41.7 Å². The number of rotatable bonds is 4. The van der Waals surface area contributed by atoms with Crippen molar-refractivity contribution in [1.29, 1.82) is 0 Å². The van der Waals surface area contributed by atoms with E-state index in [2.05, 4.69) is 41.5 Å². The molecular weight excluding hydrogens is 324 g/mol. The fraction of sp³-hybridized carbons (Fsp3) is 0.333. The molecule has 0 saturated carbocycles. The highest BCUT2D eigenvalue weighted by Crippen LogP contribution is 2.28. The van der Waals surface area contributed by atoms with Crippen LogP contribution in [-0.4, -0.2) is 27.5 Å². The number of hydrogen-bond acceptors (Lipinski definition) is 3. The second-order valence-corrected chi connectivity index (χ2v) is 7.49. The van der Waals surface area contributed by atoms with E-state index in [1.54, 1.807) is 0 Å². The summed E-state index contributed by atoms with van der Waals surface area (Å²) in [6, 6.07) is 12.2. The van der Waals surface area contributed by atoms with Gasteiger partial charge in [-0.3, -0.25) is 9.89 Å². The predicted octanol–water partition coefficient (Wildman–Crippen LogP) is 4.10. The van der Waals surface area contributed by atoms with Crippen molar-refractivity contribution in [3.63, 3.8) is 0 Å². The van der Waals surface area contributed by atoms with Crippen LogP contribution in [0.25, 0.3) is 10.9 Å². The number of carbonyl (C=O) groups is 1. The molecule has 0 atom stereocenters. The molecule has 5 heteroatoms. The van der Waals surface area contributed by atoms with Crippen LogP contribution in [0.3, 0.4) is 0 Å². The van der Waals surface area contributed by atoms with E-state index < -0.39 is 0 Å². The van der Waals surface area contributed by atoms with Crippen molar-refractivity contribution in [2.75, 3.05) is 11.9 Å². The monoisotopic (exact) mass is 348 g/mol. The molecule has 2 N–H and O–H groups in total. The van der Waals surface area contributed by atoms with Crippen LogP contribution in [0, 0.1) is 12.8 Å². The van der Waals surface area contributed by atoms with E-state index in [0.717, 1.165) is 34.4 Å². The third kappa shape index (κ3) is 2.94. The van der Waals surface area contributed by atoms with Crippen LogP contribution < -0.4 is 5.32 Å². The lowest BCUT2D eigenvalue weighted by atomic mass is 10.0. The minimum atomic E-state index is 0.0802. The van der Waals surface area contributed by atoms with Gasteiger partial charge >= 0.3 is 0 Å². The maximum atomic E-state index is 13.2. The number of amides is 1. The second kappa shape index (κ2) is 6.48. The Morgan fingerprint density at radius 1 is 1.23 bits per heavy atom. The molecule has 3 aromatic rings. The first-order chi connectivity index (χ1) is 12.5. The van der Waals surface area contributed by atoms with Crippen LogP contribution in [0.4, 0.5) is 5.82 Å². The van der Waals surface area contributed by atoms with Gasteiger partial charge in [-0.25, -0.2) is 0 Å². The smallest absolute Gasteiger partial charge is 0.254 e. The lowest BCUT2D eigenvalue weighted by molar-refractivity contribution is 0.0751. The molecule has 5 nitrogen and oxygen atoms in total. The van der Waals surface area contributed by atoms with Crippen LogP contribution in [0.1, 0.15) is 40.9 Å². The van der Waals surface area contributed by atoms with Crippen LogP contribution in [0.5, 0.6) is 0 Å². The molecule has 1 aliphatic rings. The third-order valence-electron chi connectivity index (χ3n) is 4.94. The largest absolute Gasteiger partial charge is 0.368 e. The number of carbonyl (C=O) groups excluding carboxylic acids is 1. The average Bonchev–Trinajstić information content (AvgIpc) is 3.22. The Labute approximate surface area is 153 Å². The number of fused-ring (bicyclic) bond motifs is 2. The van der Waals surface area contributed by atoms with E-state index in [4.69, 9.17) is 0 Å². The predicted molar refractivity (Wildman–Crippen MR) is 104 cm³/mol. The Kier molecular flexibility index (Phi) is 4.15. The maximum absolute atomic E-state index is 13.2. The highest BCUT2D eigenvalue weighted by atomic mass is 16.2. The summed E-state index contributed by atoms with van der Waals surface area (Å²) in [6.07, 6.45) is 0. The molecule has 0 spiro atoms. The van der Waals surface area contributed by atoms with E-state index in [1.165, 1.54) is 11.1 Å². The SMILES string of the molecule is Cc1cc2[nH]nc(NCC(C)C)c2cc1C(=O)N1Cc2ccccc2C1. The molecule has 2 aromatic carbocycles. The molecule has 4 rings (SSSR count). The van der Waals surface area contributed by atoms with Gasteiger partial charge in [0.1, 0.15) is 0 Å². The Balaban J connectivity index is 1.64. The highest BCUT2D eigenvalue weighted by molar-refractivity contribution is 6.02. The van der Waals surface area contributed by atoms with Crippen LogP contribution in [0.2, 0.25) is 0 Å². The summed E-state index contributed by atoms with van der Waals surface area (Å²) in [4.78, 5) is 15.1. The summed E-state index contributed by atoms with van der Waals surface area (Å²) in [5.74, 6) is 1.42. The van der Waals surface area contributed by atoms with Gasteiger partial charge in [-0.1, -0.05) is 38.1 Å². The summed E-state index contributed by atoms with van der Waals surface area (Å²) < 4.78 is 0. The van der Waals surface area contributed by atoms with E-state index in [0.29, 0.717) is 19.0 Å². The van der Waals surface area contributed by atoms with Gasteiger partial charge in [0.2, 0.25) is 0 Å². The maximum Gasteiger partial charge on any atom is 0.254 e. The topological polar surface area (TPSA) is 61.0 Å². The minimum Gasteiger partial charge on any atom is -0.368 e. The highest BCUT2D eigenvalue weighted by Gasteiger charge is 2.25. The molecule has 0 fully saturated rings. The zero-order valence-electron chi connectivity index (χ0n) is 15.5. The number of H-pyrrole nitrogens is 1. The fourth-order valence-electron chi connectivity index (χ4n) is 3.49. The molecule has 134 valence electrons. The summed E-state index contributed by atoms with van der Waals surface area (Å²) >= 11 is 0. The van der Waals surface area contributed by atoms with E-state index in [9.17, 15) is 4.79 Å². The number of benzene rings is 2. The van der Waals surface area contributed by atoms with Crippen molar-refractivity contribution in [1.82, 2.24) is 15.1 Å². The normalized spacial score (nSPS) is 13.5. The zero-order chi connectivity index (χ0) is 18.3. The quantitative estimate of drug-likeness (QED) is 0.746. The Morgan fingerprint density at radius 3 is 2.58 bits per heavy atom. The van der Waals surface area contributed by atoms with Gasteiger partial charge in [0, 0.05) is 30.6 Å². The summed E-state index contributed by atoms with van der Waals surface area (Å²) in [7, 11) is 0. The van der Waals surface area contributed by atoms with E-state index in [-0.39, 0.29) is 5.91 Å². The summed E-state index contributed by atoms with van der Waals surface area (Å²) in [6.45, 7) is 8.50. The van der Waals surface area contributed by atoms with Crippen LogP contribution >= 0.6 is 0 Å². The first-order valence-corrected chi connectivity index (χ1v) is 9.11. The molecular formula is C21H24N4O. The zero-order valence-corrected chi connectivity index (χ0v) is 15.5. The van der Waals surface area contributed by atoms with Crippen molar-refractivity contribution < 1.29 is 4.79 Å². The van der Waals surface area contributed by atoms with Crippen LogP contribution in [0.15, 0.2) is 36.4 Å². The number of nitrogens with zero attached hydrogens (tertiary/aromatic N) is 2. The number of anilines is 1. The standard InChI is InChI=1S/C21H24N4O/c1-13(2)10-22-20-18-9-17(14(3)8-19(18)23-24-20)21(26)25-11-15-6-4-5-7-16(15)12-25/h4-9,13H,10-12H2,1-3H3,(H2,22,23,24). The molecule has 1 aliphatic heterocycles. The third-order valence-corrected chi connectivity index (χ3v) is 4.94. The van der Waals surface area contributed by atoms with Gasteiger partial charge in [0.15, 0.2) is 5.82 Å². The minimum absolute atomic E-state index is 0.0802. The van der Waals surface area contributed by atoms with Crippen molar-refractivity contribution in [3.8, 4) is 0 Å². The Morgan fingerprint density at radius 2 is 1.92 bits per heavy atom. The van der Waals surface area contributed by atoms with E-state index in [1.807, 2.05) is 36.1 Å². The van der Waals surface area contributed by atoms with Gasteiger partial charge in [0.25, 0.3) is 5.91 Å². The Hall–Kier alpha value is -2.82. The molecule has 0 bridgehead atoms. The molecule has 0 saturated heterocycles. The number of aromatic nitrogens is 2. The van der Waals surface area contributed by atoms with Gasteiger partial charge in [-0.15, -0.1) is 0 Å². The molecule has 2 heterocycles. The molecule has 1 amide bonds. The number of nitrogens with one attached hydrogen (secondary N) is 2. The van der Waals surface area contributed by atoms with Gasteiger partial charge in [0.05, 0.1) is 5.52 Å². The molecule has 0 radical (unpaired) electrons. The molecule has 0 aliphatic carbocycles. The lowest BCUT2D eigenvalue weighted by Crippen LogP contribution is -2.26. The molecule has 1 aromatic heterocycles. The first-order valence-electron chi connectivity index (χ1n) is 9.11. The fourth-order valence-corrected chi connectivity index (χ4v) is 3.49. The van der Waals surface area contributed by atoms with E-state index >= 15 is 0 Å². The van der Waals surface area contributed by atoms with Crippen molar-refractivity contribution in [3.05, 3.63) is 58.7 Å². The number of hydrogen-bond donors (Lipinski definition) is 2. The van der Waals surface area contributed by atoms with Gasteiger partial charge in [-0.2, -0.15) is 5.10 Å². The van der Waals surface area contributed by atoms with Crippen molar-refractivity contribution in [2.45, 2.75) is 33.9 Å². The van der Waals surface area contributed by atoms with Crippen molar-refractivity contribution in [2.24, 2.45) is 5.92 Å². The summed E-state index contributed by atoms with van der Waals surface area (Å²) in [5, 5.41) is 11.8. The lowest BCUT2D eigenvalue weighted by Gasteiger charge is -2.17. The molecule has 0 unspecified atom stereocenters. The average molecular weight is 348 g/mol. The second-order valence-electron chi connectivity index (χ2n) is 7.49. The number of aromatic amines is 1. The first kappa shape index (κ1) is 16.6.